The van der Waals surface area contributed by atoms with Gasteiger partial charge in [-0.25, -0.2) is 0 Å². The van der Waals surface area contributed by atoms with Gasteiger partial charge >= 0.3 is 0 Å². The molecule has 4 heteroatoms. The summed E-state index contributed by atoms with van der Waals surface area (Å²) >= 11 is 0. The van der Waals surface area contributed by atoms with E-state index in [-0.39, 0.29) is 11.9 Å². The molecule has 0 aliphatic rings. The molecule has 1 amide bonds. The third-order valence-corrected chi connectivity index (χ3v) is 4.00. The Labute approximate surface area is 143 Å². The van der Waals surface area contributed by atoms with Crippen LogP contribution in [0.25, 0.3) is 0 Å². The Morgan fingerprint density at radius 1 is 1.12 bits per heavy atom. The lowest BCUT2D eigenvalue weighted by Crippen LogP contribution is -2.33. The molecule has 2 atom stereocenters. The largest absolute Gasteiger partial charge is 0.387 e. The summed E-state index contributed by atoms with van der Waals surface area (Å²) in [5.41, 5.74) is 3.90. The molecular formula is C20H26N2O2. The molecule has 0 bridgehead atoms. The first-order chi connectivity index (χ1) is 11.5. The number of carbonyl (C=O) groups is 1. The highest BCUT2D eigenvalue weighted by atomic mass is 16.3. The van der Waals surface area contributed by atoms with E-state index in [4.69, 9.17) is 0 Å². The third kappa shape index (κ3) is 5.48. The van der Waals surface area contributed by atoms with Crippen molar-refractivity contribution in [2.24, 2.45) is 0 Å². The summed E-state index contributed by atoms with van der Waals surface area (Å²) in [7, 11) is 0. The minimum absolute atomic E-state index is 0.0199. The quantitative estimate of drug-likeness (QED) is 0.731. The molecule has 24 heavy (non-hydrogen) atoms. The SMILES string of the molecule is Cc1cccc(C(O)CNC(C)CC(=O)Nc2ccccc2C)c1. The second-order valence-electron chi connectivity index (χ2n) is 6.31. The van der Waals surface area contributed by atoms with E-state index in [1.807, 2.05) is 69.3 Å². The van der Waals surface area contributed by atoms with Gasteiger partial charge < -0.3 is 15.7 Å². The average molecular weight is 326 g/mol. The number of carbonyl (C=O) groups excluding carboxylic acids is 1. The van der Waals surface area contributed by atoms with E-state index in [1.54, 1.807) is 0 Å². The molecule has 0 saturated carbocycles. The summed E-state index contributed by atoms with van der Waals surface area (Å²) in [6.45, 7) is 6.33. The Hall–Kier alpha value is -2.17. The van der Waals surface area contributed by atoms with Crippen molar-refractivity contribution in [2.45, 2.75) is 39.3 Å². The first-order valence-corrected chi connectivity index (χ1v) is 8.29. The molecule has 0 heterocycles. The summed E-state index contributed by atoms with van der Waals surface area (Å²) < 4.78 is 0. The van der Waals surface area contributed by atoms with Crippen LogP contribution in [0.5, 0.6) is 0 Å². The van der Waals surface area contributed by atoms with E-state index >= 15 is 0 Å². The second kappa shape index (κ2) is 8.62. The standard InChI is InChI=1S/C20H26N2O2/c1-14-7-6-9-17(11-14)19(23)13-21-16(3)12-20(24)22-18-10-5-4-8-15(18)2/h4-11,16,19,21,23H,12-13H2,1-3H3,(H,22,24). The van der Waals surface area contributed by atoms with Gasteiger partial charge in [-0.05, 0) is 38.0 Å². The number of amides is 1. The van der Waals surface area contributed by atoms with Crippen molar-refractivity contribution < 1.29 is 9.90 Å². The van der Waals surface area contributed by atoms with Crippen molar-refractivity contribution in [3.63, 3.8) is 0 Å². The van der Waals surface area contributed by atoms with Gasteiger partial charge in [0.15, 0.2) is 0 Å². The number of aliphatic hydroxyl groups excluding tert-OH is 1. The van der Waals surface area contributed by atoms with Crippen molar-refractivity contribution in [1.29, 1.82) is 0 Å². The van der Waals surface area contributed by atoms with Crippen LogP contribution in [-0.2, 0) is 4.79 Å². The zero-order valence-electron chi connectivity index (χ0n) is 14.5. The van der Waals surface area contributed by atoms with Crippen molar-refractivity contribution in [2.75, 3.05) is 11.9 Å². The van der Waals surface area contributed by atoms with E-state index in [0.717, 1.165) is 22.4 Å². The molecular weight excluding hydrogens is 300 g/mol. The first kappa shape index (κ1) is 18.2. The summed E-state index contributed by atoms with van der Waals surface area (Å²) in [4.78, 5) is 12.1. The summed E-state index contributed by atoms with van der Waals surface area (Å²) in [6.07, 6.45) is -0.221. The zero-order chi connectivity index (χ0) is 17.5. The highest BCUT2D eigenvalue weighted by molar-refractivity contribution is 5.91. The number of nitrogens with one attached hydrogen (secondary N) is 2. The summed E-state index contributed by atoms with van der Waals surface area (Å²) in [5.74, 6) is -0.0330. The topological polar surface area (TPSA) is 61.4 Å². The van der Waals surface area contributed by atoms with Gasteiger partial charge in [-0.1, -0.05) is 48.0 Å². The Morgan fingerprint density at radius 3 is 2.58 bits per heavy atom. The molecule has 2 aromatic rings. The number of anilines is 1. The van der Waals surface area contributed by atoms with E-state index in [2.05, 4.69) is 10.6 Å². The molecule has 0 aliphatic carbocycles. The Kier molecular flexibility index (Phi) is 6.53. The lowest BCUT2D eigenvalue weighted by Gasteiger charge is -2.18. The van der Waals surface area contributed by atoms with Gasteiger partial charge in [-0.15, -0.1) is 0 Å². The molecule has 2 rings (SSSR count). The van der Waals surface area contributed by atoms with Crippen LogP contribution in [0.1, 0.15) is 36.1 Å². The van der Waals surface area contributed by atoms with Crippen molar-refractivity contribution in [1.82, 2.24) is 5.32 Å². The number of para-hydroxylation sites is 1. The van der Waals surface area contributed by atoms with E-state index in [0.29, 0.717) is 13.0 Å². The molecule has 0 radical (unpaired) electrons. The second-order valence-corrected chi connectivity index (χ2v) is 6.31. The van der Waals surface area contributed by atoms with Crippen LogP contribution in [0.15, 0.2) is 48.5 Å². The smallest absolute Gasteiger partial charge is 0.225 e. The number of benzene rings is 2. The fourth-order valence-corrected chi connectivity index (χ4v) is 2.57. The lowest BCUT2D eigenvalue weighted by atomic mass is 10.1. The fraction of sp³-hybridized carbons (Fsp3) is 0.350. The normalized spacial score (nSPS) is 13.3. The molecule has 0 aromatic heterocycles. The van der Waals surface area contributed by atoms with Gasteiger partial charge in [-0.2, -0.15) is 0 Å². The molecule has 4 nitrogen and oxygen atoms in total. The number of aliphatic hydroxyl groups is 1. The van der Waals surface area contributed by atoms with E-state index in [1.165, 1.54) is 0 Å². The zero-order valence-corrected chi connectivity index (χ0v) is 14.5. The van der Waals surface area contributed by atoms with Crippen LogP contribution in [0.4, 0.5) is 5.69 Å². The van der Waals surface area contributed by atoms with Gasteiger partial charge in [-0.3, -0.25) is 4.79 Å². The maximum Gasteiger partial charge on any atom is 0.225 e. The van der Waals surface area contributed by atoms with Crippen LogP contribution < -0.4 is 10.6 Å². The van der Waals surface area contributed by atoms with E-state index in [9.17, 15) is 9.90 Å². The summed E-state index contributed by atoms with van der Waals surface area (Å²) in [6, 6.07) is 15.5. The van der Waals surface area contributed by atoms with Crippen LogP contribution in [0.3, 0.4) is 0 Å². The van der Waals surface area contributed by atoms with Crippen molar-refractivity contribution in [3.8, 4) is 0 Å². The lowest BCUT2D eigenvalue weighted by molar-refractivity contribution is -0.116. The predicted molar refractivity (Wildman–Crippen MR) is 98.0 cm³/mol. The summed E-state index contributed by atoms with van der Waals surface area (Å²) in [5, 5.41) is 16.4. The number of aryl methyl sites for hydroxylation is 2. The Morgan fingerprint density at radius 2 is 1.88 bits per heavy atom. The number of hydrogen-bond acceptors (Lipinski definition) is 3. The maximum absolute atomic E-state index is 12.1. The van der Waals surface area contributed by atoms with Gasteiger partial charge in [0.1, 0.15) is 0 Å². The Bertz CT molecular complexity index is 685. The molecule has 0 fully saturated rings. The van der Waals surface area contributed by atoms with Gasteiger partial charge in [0.05, 0.1) is 6.10 Å². The van der Waals surface area contributed by atoms with Crippen LogP contribution in [0.2, 0.25) is 0 Å². The van der Waals surface area contributed by atoms with Crippen LogP contribution in [0, 0.1) is 13.8 Å². The molecule has 0 aliphatic heterocycles. The van der Waals surface area contributed by atoms with Gasteiger partial charge in [0, 0.05) is 24.7 Å². The van der Waals surface area contributed by atoms with E-state index < -0.39 is 6.10 Å². The van der Waals surface area contributed by atoms with Crippen LogP contribution in [-0.4, -0.2) is 23.6 Å². The molecule has 128 valence electrons. The minimum Gasteiger partial charge on any atom is -0.387 e. The third-order valence-electron chi connectivity index (χ3n) is 4.00. The average Bonchev–Trinajstić information content (AvgIpc) is 2.54. The highest BCUT2D eigenvalue weighted by Gasteiger charge is 2.13. The maximum atomic E-state index is 12.1. The molecule has 0 spiro atoms. The Balaban J connectivity index is 1.79. The van der Waals surface area contributed by atoms with Gasteiger partial charge in [0.25, 0.3) is 0 Å². The van der Waals surface area contributed by atoms with Crippen molar-refractivity contribution >= 4 is 11.6 Å². The number of hydrogen-bond donors (Lipinski definition) is 3. The monoisotopic (exact) mass is 326 g/mol. The molecule has 0 saturated heterocycles. The fourth-order valence-electron chi connectivity index (χ4n) is 2.57. The highest BCUT2D eigenvalue weighted by Crippen LogP contribution is 2.15. The number of rotatable bonds is 7. The minimum atomic E-state index is -0.577. The molecule has 2 aromatic carbocycles. The van der Waals surface area contributed by atoms with Gasteiger partial charge in [0.2, 0.25) is 5.91 Å². The van der Waals surface area contributed by atoms with Crippen LogP contribution >= 0.6 is 0 Å². The molecule has 3 N–H and O–H groups in total. The molecule has 2 unspecified atom stereocenters. The predicted octanol–water partition coefficient (Wildman–Crippen LogP) is 3.34. The van der Waals surface area contributed by atoms with Crippen molar-refractivity contribution in [3.05, 3.63) is 65.2 Å². The first-order valence-electron chi connectivity index (χ1n) is 8.29.